The monoisotopic (exact) mass is 448 g/mol. The number of ether oxygens (including phenoxy) is 1. The number of esters is 1. The lowest BCUT2D eigenvalue weighted by molar-refractivity contribution is -0.146. The summed E-state index contributed by atoms with van der Waals surface area (Å²) in [5.41, 5.74) is 0. The highest BCUT2D eigenvalue weighted by Crippen LogP contribution is 2.46. The van der Waals surface area contributed by atoms with Crippen LogP contribution in [0.5, 0.6) is 0 Å². The molecule has 0 aliphatic carbocycles. The van der Waals surface area contributed by atoms with E-state index in [1.165, 1.54) is 13.8 Å². The van der Waals surface area contributed by atoms with Crippen molar-refractivity contribution in [3.8, 4) is 0 Å². The van der Waals surface area contributed by atoms with Crippen molar-refractivity contribution < 1.29 is 46.0 Å². The lowest BCUT2D eigenvalue weighted by Gasteiger charge is -2.18. The van der Waals surface area contributed by atoms with Gasteiger partial charge in [-0.05, 0) is 26.2 Å². The summed E-state index contributed by atoms with van der Waals surface area (Å²) < 4.78 is 40.9. The molecule has 0 saturated heterocycles. The number of aldehydes is 1. The van der Waals surface area contributed by atoms with Crippen LogP contribution < -0.4 is 11.6 Å². The molecule has 2 atom stereocenters. The first-order valence-corrected chi connectivity index (χ1v) is 10.6. The topological polar surface area (TPSA) is 177 Å². The van der Waals surface area contributed by atoms with E-state index < -0.39 is 43.9 Å². The Morgan fingerprint density at radius 3 is 2.13 bits per heavy atom. The molecular weight excluding hydrogens is 427 g/mol. The average Bonchev–Trinajstić information content (AvgIpc) is 3.15. The van der Waals surface area contributed by atoms with Crippen LogP contribution >= 0.6 is 7.60 Å². The van der Waals surface area contributed by atoms with E-state index in [2.05, 4.69) is 13.3 Å². The van der Waals surface area contributed by atoms with Gasteiger partial charge in [-0.1, -0.05) is 0 Å². The minimum Gasteiger partial charge on any atom is -0.457 e. The molecule has 2 heterocycles. The first-order chi connectivity index (χ1) is 14.1. The summed E-state index contributed by atoms with van der Waals surface area (Å²) in [5, 5.41) is 0. The predicted molar refractivity (Wildman–Crippen MR) is 96.6 cm³/mol. The van der Waals surface area contributed by atoms with Gasteiger partial charge in [0.05, 0.1) is 6.16 Å². The van der Waals surface area contributed by atoms with E-state index in [9.17, 15) is 28.6 Å². The Labute approximate surface area is 169 Å². The van der Waals surface area contributed by atoms with E-state index in [0.717, 1.165) is 0 Å². The van der Waals surface area contributed by atoms with Gasteiger partial charge in [0, 0.05) is 12.8 Å². The smallest absolute Gasteiger partial charge is 0.457 e. The fraction of sp³-hybridized carbons (Fsp3) is 0.529. The summed E-state index contributed by atoms with van der Waals surface area (Å²) in [5.74, 6) is -2.78. The molecule has 2 aromatic rings. The van der Waals surface area contributed by atoms with Crippen LogP contribution in [0.3, 0.4) is 0 Å². The second-order valence-electron chi connectivity index (χ2n) is 6.43. The van der Waals surface area contributed by atoms with Gasteiger partial charge in [0.25, 0.3) is 0 Å². The standard InChI is InChI=1S/C17H21O12P/c1-10-13(28-16(20)26-10)7-24-15(19)4-3-12(5-6-18)9-30(22,23)25-8-14-11(2)27-17(21)29-14/h6,12H,3-5,7-9H2,1-2H3,(H,22,23). The maximum Gasteiger partial charge on any atom is 0.519 e. The Bertz CT molecular complexity index is 1020. The molecule has 0 saturated carbocycles. The normalized spacial score (nSPS) is 14.2. The van der Waals surface area contributed by atoms with E-state index in [0.29, 0.717) is 6.29 Å². The third kappa shape index (κ3) is 7.29. The summed E-state index contributed by atoms with van der Waals surface area (Å²) in [7, 11) is -4.16. The van der Waals surface area contributed by atoms with E-state index in [-0.39, 0.29) is 48.9 Å². The van der Waals surface area contributed by atoms with Crippen molar-refractivity contribution in [3.05, 3.63) is 44.3 Å². The van der Waals surface area contributed by atoms with Gasteiger partial charge in [-0.2, -0.15) is 0 Å². The molecule has 0 fully saturated rings. The zero-order valence-electron chi connectivity index (χ0n) is 16.3. The highest BCUT2D eigenvalue weighted by atomic mass is 31.2. The number of hydrogen-bond acceptors (Lipinski definition) is 11. The summed E-state index contributed by atoms with van der Waals surface area (Å²) in [6.07, 6.45) is 0.0420. The fourth-order valence-corrected chi connectivity index (χ4v) is 3.92. The zero-order chi connectivity index (χ0) is 22.3. The highest BCUT2D eigenvalue weighted by Gasteiger charge is 2.27. The van der Waals surface area contributed by atoms with Crippen molar-refractivity contribution in [1.29, 1.82) is 0 Å². The van der Waals surface area contributed by atoms with Crippen LogP contribution in [0.4, 0.5) is 0 Å². The molecule has 0 aliphatic rings. The molecule has 0 bridgehead atoms. The van der Waals surface area contributed by atoms with Crippen LogP contribution in [-0.2, 0) is 36.6 Å². The minimum absolute atomic E-state index is 0.0222. The van der Waals surface area contributed by atoms with Crippen LogP contribution in [0.2, 0.25) is 0 Å². The fourth-order valence-electron chi connectivity index (χ4n) is 2.51. The van der Waals surface area contributed by atoms with Gasteiger partial charge in [0.2, 0.25) is 0 Å². The number of aryl methyl sites for hydroxylation is 2. The van der Waals surface area contributed by atoms with Gasteiger partial charge in [0.15, 0.2) is 23.9 Å². The molecule has 0 radical (unpaired) electrons. The highest BCUT2D eigenvalue weighted by molar-refractivity contribution is 7.52. The Morgan fingerprint density at radius 2 is 1.63 bits per heavy atom. The van der Waals surface area contributed by atoms with Crippen molar-refractivity contribution in [2.45, 2.75) is 46.3 Å². The number of rotatable bonds is 12. The summed E-state index contributed by atoms with van der Waals surface area (Å²) in [6, 6.07) is 0. The van der Waals surface area contributed by atoms with E-state index in [4.69, 9.17) is 13.7 Å². The molecule has 12 nitrogen and oxygen atoms in total. The second kappa shape index (κ2) is 10.4. The Balaban J connectivity index is 1.84. The van der Waals surface area contributed by atoms with Crippen LogP contribution in [-0.4, -0.2) is 23.3 Å². The number of carbonyl (C=O) groups excluding carboxylic acids is 2. The number of carbonyl (C=O) groups is 2. The molecule has 0 amide bonds. The summed E-state index contributed by atoms with van der Waals surface area (Å²) in [6.45, 7) is 2.15. The molecule has 2 unspecified atom stereocenters. The maximum absolute atomic E-state index is 12.3. The Hall–Kier alpha value is -2.69. The molecule has 0 aliphatic heterocycles. The van der Waals surface area contributed by atoms with Crippen LogP contribution in [0.1, 0.15) is 42.3 Å². The van der Waals surface area contributed by atoms with Crippen LogP contribution in [0.25, 0.3) is 0 Å². The van der Waals surface area contributed by atoms with Crippen molar-refractivity contribution in [3.63, 3.8) is 0 Å². The lowest BCUT2D eigenvalue weighted by Crippen LogP contribution is -2.13. The maximum atomic E-state index is 12.3. The van der Waals surface area contributed by atoms with Gasteiger partial charge in [-0.15, -0.1) is 0 Å². The van der Waals surface area contributed by atoms with Crippen molar-refractivity contribution in [2.24, 2.45) is 5.92 Å². The van der Waals surface area contributed by atoms with Crippen molar-refractivity contribution in [2.75, 3.05) is 6.16 Å². The number of hydrogen-bond donors (Lipinski definition) is 1. The Kier molecular flexibility index (Phi) is 8.16. The lowest BCUT2D eigenvalue weighted by atomic mass is 10.0. The van der Waals surface area contributed by atoms with Crippen LogP contribution in [0.15, 0.2) is 27.3 Å². The van der Waals surface area contributed by atoms with E-state index >= 15 is 0 Å². The third-order valence-corrected chi connectivity index (χ3v) is 5.62. The first-order valence-electron chi connectivity index (χ1n) is 8.84. The molecule has 166 valence electrons. The molecule has 2 rings (SSSR count). The molecule has 0 spiro atoms. The zero-order valence-corrected chi connectivity index (χ0v) is 17.2. The molecular formula is C17H21O12P. The Morgan fingerprint density at radius 1 is 1.07 bits per heavy atom. The quantitative estimate of drug-likeness (QED) is 0.283. The second-order valence-corrected chi connectivity index (χ2v) is 8.33. The van der Waals surface area contributed by atoms with Gasteiger partial charge < -0.3 is 36.6 Å². The van der Waals surface area contributed by atoms with E-state index in [1.54, 1.807) is 0 Å². The van der Waals surface area contributed by atoms with Gasteiger partial charge in [-0.25, -0.2) is 9.59 Å². The van der Waals surface area contributed by atoms with Crippen LogP contribution in [0, 0.1) is 19.8 Å². The molecule has 1 N–H and O–H groups in total. The SMILES string of the molecule is Cc1oc(=O)oc1COC(=O)CCC(CC=O)CP(=O)(O)OCc1oc(=O)oc1C. The summed E-state index contributed by atoms with van der Waals surface area (Å²) >= 11 is 0. The largest absolute Gasteiger partial charge is 0.519 e. The average molecular weight is 448 g/mol. The van der Waals surface area contributed by atoms with Gasteiger partial charge in [-0.3, -0.25) is 9.36 Å². The summed E-state index contributed by atoms with van der Waals surface area (Å²) in [4.78, 5) is 54.7. The van der Waals surface area contributed by atoms with Gasteiger partial charge in [0.1, 0.15) is 18.7 Å². The van der Waals surface area contributed by atoms with Gasteiger partial charge >= 0.3 is 25.2 Å². The molecule has 0 aromatic carbocycles. The minimum atomic E-state index is -4.16. The first kappa shape index (κ1) is 23.6. The third-order valence-electron chi connectivity index (χ3n) is 4.11. The van der Waals surface area contributed by atoms with E-state index in [1.807, 2.05) is 0 Å². The predicted octanol–water partition coefficient (Wildman–Crippen LogP) is 1.83. The molecule has 13 heteroatoms. The van der Waals surface area contributed by atoms with Crippen molar-refractivity contribution in [1.82, 2.24) is 0 Å². The molecule has 2 aromatic heterocycles. The van der Waals surface area contributed by atoms with Crippen molar-refractivity contribution >= 4 is 19.9 Å². The molecule has 30 heavy (non-hydrogen) atoms.